The van der Waals surface area contributed by atoms with Gasteiger partial charge in [0.1, 0.15) is 5.82 Å². The molecule has 0 aromatic heterocycles. The van der Waals surface area contributed by atoms with Gasteiger partial charge >= 0.3 is 0 Å². The maximum atomic E-state index is 13.1. The summed E-state index contributed by atoms with van der Waals surface area (Å²) in [5.41, 5.74) is 0.719. The first-order valence-electron chi connectivity index (χ1n) is 6.43. The van der Waals surface area contributed by atoms with Crippen LogP contribution in [0.15, 0.2) is 24.3 Å². The maximum absolute atomic E-state index is 13.1. The van der Waals surface area contributed by atoms with Crippen molar-refractivity contribution in [2.75, 3.05) is 13.1 Å². The lowest BCUT2D eigenvalue weighted by molar-refractivity contribution is -0.123. The summed E-state index contributed by atoms with van der Waals surface area (Å²) in [6.45, 7) is 3.65. The number of rotatable bonds is 3. The normalized spacial score (nSPS) is 21.3. The molecule has 3 nitrogen and oxygen atoms in total. The highest BCUT2D eigenvalue weighted by molar-refractivity contribution is 5.83. The van der Waals surface area contributed by atoms with Crippen molar-refractivity contribution in [3.05, 3.63) is 35.6 Å². The van der Waals surface area contributed by atoms with Crippen LogP contribution in [0.2, 0.25) is 0 Å². The number of hydrogen-bond donors (Lipinski definition) is 2. The Bertz CT molecular complexity index is 416. The highest BCUT2D eigenvalue weighted by atomic mass is 19.1. The van der Waals surface area contributed by atoms with E-state index < -0.39 is 0 Å². The van der Waals surface area contributed by atoms with E-state index in [-0.39, 0.29) is 23.7 Å². The predicted molar refractivity (Wildman–Crippen MR) is 68.8 cm³/mol. The van der Waals surface area contributed by atoms with E-state index in [9.17, 15) is 9.18 Å². The number of halogens is 1. The molecule has 1 aromatic carbocycles. The van der Waals surface area contributed by atoms with Gasteiger partial charge in [0.2, 0.25) is 5.91 Å². The van der Waals surface area contributed by atoms with Crippen LogP contribution in [0.1, 0.15) is 31.2 Å². The first kappa shape index (κ1) is 13.0. The van der Waals surface area contributed by atoms with E-state index in [1.165, 1.54) is 12.1 Å². The second-order valence-electron chi connectivity index (χ2n) is 4.83. The molecule has 1 aliphatic heterocycles. The number of carbonyl (C=O) groups excluding carboxylic acids is 1. The molecule has 1 heterocycles. The lowest BCUT2D eigenvalue weighted by Crippen LogP contribution is -2.46. The molecular formula is C14H19FN2O. The minimum absolute atomic E-state index is 0.0331. The van der Waals surface area contributed by atoms with Crippen molar-refractivity contribution in [1.29, 1.82) is 0 Å². The van der Waals surface area contributed by atoms with Gasteiger partial charge in [-0.3, -0.25) is 4.79 Å². The van der Waals surface area contributed by atoms with E-state index in [0.717, 1.165) is 31.5 Å². The lowest BCUT2D eigenvalue weighted by atomic mass is 9.99. The topological polar surface area (TPSA) is 41.1 Å². The minimum Gasteiger partial charge on any atom is -0.352 e. The smallest absolute Gasteiger partial charge is 0.227 e. The van der Waals surface area contributed by atoms with Gasteiger partial charge in [-0.25, -0.2) is 4.39 Å². The Labute approximate surface area is 107 Å². The fourth-order valence-electron chi connectivity index (χ4n) is 2.23. The van der Waals surface area contributed by atoms with Gasteiger partial charge in [-0.05, 0) is 44.0 Å². The summed E-state index contributed by atoms with van der Waals surface area (Å²) < 4.78 is 13.1. The van der Waals surface area contributed by atoms with Crippen molar-refractivity contribution in [3.8, 4) is 0 Å². The average molecular weight is 250 g/mol. The van der Waals surface area contributed by atoms with Gasteiger partial charge in [-0.1, -0.05) is 12.1 Å². The van der Waals surface area contributed by atoms with Gasteiger partial charge in [0.15, 0.2) is 0 Å². The number of nitrogens with one attached hydrogen (secondary N) is 2. The zero-order valence-electron chi connectivity index (χ0n) is 10.6. The number of amides is 1. The van der Waals surface area contributed by atoms with Crippen molar-refractivity contribution >= 4 is 5.91 Å². The molecule has 0 aliphatic carbocycles. The summed E-state index contributed by atoms with van der Waals surface area (Å²) >= 11 is 0. The van der Waals surface area contributed by atoms with Crippen LogP contribution in [0.25, 0.3) is 0 Å². The van der Waals surface area contributed by atoms with Crippen LogP contribution in [0.5, 0.6) is 0 Å². The van der Waals surface area contributed by atoms with Gasteiger partial charge < -0.3 is 10.6 Å². The second kappa shape index (κ2) is 5.96. The summed E-state index contributed by atoms with van der Waals surface area (Å²) in [7, 11) is 0. The second-order valence-corrected chi connectivity index (χ2v) is 4.83. The Balaban J connectivity index is 1.95. The highest BCUT2D eigenvalue weighted by Crippen LogP contribution is 2.17. The zero-order chi connectivity index (χ0) is 13.0. The third-order valence-corrected chi connectivity index (χ3v) is 3.39. The van der Waals surface area contributed by atoms with E-state index in [2.05, 4.69) is 10.6 Å². The highest BCUT2D eigenvalue weighted by Gasteiger charge is 2.20. The van der Waals surface area contributed by atoms with E-state index in [4.69, 9.17) is 0 Å². The number of piperidine rings is 1. The molecule has 1 saturated heterocycles. The van der Waals surface area contributed by atoms with Gasteiger partial charge in [-0.2, -0.15) is 0 Å². The first-order chi connectivity index (χ1) is 8.66. The van der Waals surface area contributed by atoms with Crippen LogP contribution in [0.4, 0.5) is 4.39 Å². The molecular weight excluding hydrogens is 231 g/mol. The molecule has 1 fully saturated rings. The molecule has 0 radical (unpaired) electrons. The number of carbonyl (C=O) groups is 1. The SMILES string of the molecule is CC(C(=O)N[C@H]1CCCNC1)c1cccc(F)c1. The van der Waals surface area contributed by atoms with E-state index in [1.54, 1.807) is 19.1 Å². The molecule has 98 valence electrons. The largest absolute Gasteiger partial charge is 0.352 e. The molecule has 0 saturated carbocycles. The molecule has 18 heavy (non-hydrogen) atoms. The molecule has 2 N–H and O–H groups in total. The van der Waals surface area contributed by atoms with E-state index >= 15 is 0 Å². The summed E-state index contributed by atoms with van der Waals surface area (Å²) in [5.74, 6) is -0.650. The lowest BCUT2D eigenvalue weighted by Gasteiger charge is -2.25. The van der Waals surface area contributed by atoms with E-state index in [1.807, 2.05) is 0 Å². The van der Waals surface area contributed by atoms with Crippen molar-refractivity contribution in [2.24, 2.45) is 0 Å². The zero-order valence-corrected chi connectivity index (χ0v) is 10.6. The number of hydrogen-bond acceptors (Lipinski definition) is 2. The van der Waals surface area contributed by atoms with Crippen LogP contribution in [-0.2, 0) is 4.79 Å². The van der Waals surface area contributed by atoms with Gasteiger partial charge in [0, 0.05) is 12.6 Å². The van der Waals surface area contributed by atoms with Crippen molar-refractivity contribution in [2.45, 2.75) is 31.7 Å². The molecule has 2 rings (SSSR count). The summed E-state index contributed by atoms with van der Waals surface area (Å²) in [6.07, 6.45) is 2.09. The van der Waals surface area contributed by atoms with Crippen LogP contribution in [0.3, 0.4) is 0 Å². The Hall–Kier alpha value is -1.42. The molecule has 0 spiro atoms. The summed E-state index contributed by atoms with van der Waals surface area (Å²) in [5, 5.41) is 6.27. The molecule has 1 unspecified atom stereocenters. The maximum Gasteiger partial charge on any atom is 0.227 e. The monoisotopic (exact) mass is 250 g/mol. The van der Waals surface area contributed by atoms with Crippen LogP contribution >= 0.6 is 0 Å². The van der Waals surface area contributed by atoms with Crippen molar-refractivity contribution in [1.82, 2.24) is 10.6 Å². The minimum atomic E-state index is -0.317. The third-order valence-electron chi connectivity index (χ3n) is 3.39. The fraction of sp³-hybridized carbons (Fsp3) is 0.500. The molecule has 4 heteroatoms. The quantitative estimate of drug-likeness (QED) is 0.859. The van der Waals surface area contributed by atoms with Crippen LogP contribution < -0.4 is 10.6 Å². The first-order valence-corrected chi connectivity index (χ1v) is 6.43. The molecule has 1 aromatic rings. The predicted octanol–water partition coefficient (Wildman–Crippen LogP) is 1.80. The molecule has 1 aliphatic rings. The molecule has 1 amide bonds. The summed E-state index contributed by atoms with van der Waals surface area (Å²) in [4.78, 5) is 12.1. The standard InChI is InChI=1S/C14H19FN2O/c1-10(11-4-2-5-12(15)8-11)14(18)17-13-6-3-7-16-9-13/h2,4-5,8,10,13,16H,3,6-7,9H2,1H3,(H,17,18)/t10?,13-/m0/s1. The fourth-order valence-corrected chi connectivity index (χ4v) is 2.23. The Morgan fingerprint density at radius 3 is 3.06 bits per heavy atom. The third kappa shape index (κ3) is 3.29. The molecule has 2 atom stereocenters. The van der Waals surface area contributed by atoms with Gasteiger partial charge in [0.25, 0.3) is 0 Å². The number of benzene rings is 1. The van der Waals surface area contributed by atoms with Crippen molar-refractivity contribution < 1.29 is 9.18 Å². The van der Waals surface area contributed by atoms with E-state index in [0.29, 0.717) is 0 Å². The average Bonchev–Trinajstić information content (AvgIpc) is 2.39. The summed E-state index contributed by atoms with van der Waals surface area (Å²) in [6, 6.07) is 6.42. The van der Waals surface area contributed by atoms with Crippen molar-refractivity contribution in [3.63, 3.8) is 0 Å². The Kier molecular flexibility index (Phi) is 4.31. The Morgan fingerprint density at radius 2 is 2.39 bits per heavy atom. The van der Waals surface area contributed by atoms with Crippen LogP contribution in [0, 0.1) is 5.82 Å². The van der Waals surface area contributed by atoms with Gasteiger partial charge in [-0.15, -0.1) is 0 Å². The van der Waals surface area contributed by atoms with Crippen LogP contribution in [-0.4, -0.2) is 25.0 Å². The van der Waals surface area contributed by atoms with Gasteiger partial charge in [0.05, 0.1) is 5.92 Å². The molecule has 0 bridgehead atoms. The Morgan fingerprint density at radius 1 is 1.56 bits per heavy atom.